The molecule has 1 atom stereocenters. The van der Waals surface area contributed by atoms with Crippen molar-refractivity contribution in [3.63, 3.8) is 0 Å². The maximum atomic E-state index is 4.70. The first-order chi connectivity index (χ1) is 12.5. The van der Waals surface area contributed by atoms with Gasteiger partial charge in [-0.1, -0.05) is 32.0 Å². The van der Waals surface area contributed by atoms with Crippen LogP contribution in [0.15, 0.2) is 55.1 Å². The van der Waals surface area contributed by atoms with E-state index in [4.69, 9.17) is 5.10 Å². The van der Waals surface area contributed by atoms with Gasteiger partial charge in [-0.2, -0.15) is 5.10 Å². The molecule has 2 aromatic heterocycles. The highest BCUT2D eigenvalue weighted by Crippen LogP contribution is 2.34. The van der Waals surface area contributed by atoms with Gasteiger partial charge in [0.25, 0.3) is 0 Å². The largest absolute Gasteiger partial charge is 0.290 e. The lowest BCUT2D eigenvalue weighted by molar-refractivity contribution is 0.134. The zero-order valence-corrected chi connectivity index (χ0v) is 15.6. The molecule has 1 aliphatic heterocycles. The minimum atomic E-state index is 0.147. The zero-order valence-electron chi connectivity index (χ0n) is 15.6. The van der Waals surface area contributed by atoms with Crippen molar-refractivity contribution < 1.29 is 0 Å². The van der Waals surface area contributed by atoms with Gasteiger partial charge >= 0.3 is 0 Å². The predicted octanol–water partition coefficient (Wildman–Crippen LogP) is 3.81. The van der Waals surface area contributed by atoms with Crippen molar-refractivity contribution in [2.45, 2.75) is 39.8 Å². The maximum absolute atomic E-state index is 4.70. The molecule has 1 aliphatic rings. The second kappa shape index (κ2) is 6.65. The van der Waals surface area contributed by atoms with E-state index < -0.39 is 0 Å². The Kier molecular flexibility index (Phi) is 4.32. The van der Waals surface area contributed by atoms with Gasteiger partial charge in [0.1, 0.15) is 0 Å². The van der Waals surface area contributed by atoms with E-state index in [1.165, 1.54) is 11.3 Å². The number of para-hydroxylation sites is 1. The Balaban J connectivity index is 1.70. The lowest BCUT2D eigenvalue weighted by atomic mass is 9.87. The quantitative estimate of drug-likeness (QED) is 0.723. The van der Waals surface area contributed by atoms with E-state index in [0.717, 1.165) is 30.9 Å². The molecule has 0 N–H and O–H groups in total. The van der Waals surface area contributed by atoms with Crippen LogP contribution in [0.3, 0.4) is 0 Å². The number of fused-ring (bicyclic) bond motifs is 1. The van der Waals surface area contributed by atoms with Crippen molar-refractivity contribution in [1.82, 2.24) is 24.6 Å². The van der Waals surface area contributed by atoms with Crippen LogP contribution in [0.1, 0.15) is 43.8 Å². The molecule has 5 nitrogen and oxygen atoms in total. The smallest absolute Gasteiger partial charge is 0.0755 e. The van der Waals surface area contributed by atoms with Gasteiger partial charge < -0.3 is 0 Å². The average molecular weight is 347 g/mol. The monoisotopic (exact) mass is 347 g/mol. The van der Waals surface area contributed by atoms with E-state index in [0.29, 0.717) is 0 Å². The van der Waals surface area contributed by atoms with Crippen molar-refractivity contribution in [1.29, 1.82) is 0 Å². The molecule has 0 aliphatic carbocycles. The van der Waals surface area contributed by atoms with E-state index in [1.807, 2.05) is 18.5 Å². The first kappa shape index (κ1) is 16.9. The van der Waals surface area contributed by atoms with Gasteiger partial charge in [0.05, 0.1) is 23.6 Å². The summed E-state index contributed by atoms with van der Waals surface area (Å²) in [5.41, 5.74) is 4.90. The summed E-state index contributed by atoms with van der Waals surface area (Å²) in [6.07, 6.45) is 8.40. The Bertz CT molecular complexity index is 870. The minimum absolute atomic E-state index is 0.147. The number of benzene rings is 1. The summed E-state index contributed by atoms with van der Waals surface area (Å²) < 4.78 is 2.10. The molecule has 0 bridgehead atoms. The summed E-state index contributed by atoms with van der Waals surface area (Å²) in [5.74, 6) is 0. The fourth-order valence-corrected chi connectivity index (χ4v) is 3.84. The van der Waals surface area contributed by atoms with Crippen molar-refractivity contribution in [3.8, 4) is 5.69 Å². The molecule has 0 radical (unpaired) electrons. The lowest BCUT2D eigenvalue weighted by Gasteiger charge is -2.33. The van der Waals surface area contributed by atoms with Crippen molar-refractivity contribution in [2.24, 2.45) is 5.41 Å². The van der Waals surface area contributed by atoms with Crippen LogP contribution in [-0.2, 0) is 13.0 Å². The van der Waals surface area contributed by atoms with Crippen LogP contribution in [0, 0.1) is 5.41 Å². The molecule has 134 valence electrons. The molecule has 0 amide bonds. The fourth-order valence-electron chi connectivity index (χ4n) is 3.84. The Labute approximate surface area is 154 Å². The summed E-state index contributed by atoms with van der Waals surface area (Å²) in [6.45, 7) is 8.77. The molecule has 1 aromatic carbocycles. The third-order valence-corrected chi connectivity index (χ3v) is 5.17. The van der Waals surface area contributed by atoms with Crippen LogP contribution in [0.5, 0.6) is 0 Å². The van der Waals surface area contributed by atoms with Crippen LogP contribution >= 0.6 is 0 Å². The second-order valence-corrected chi connectivity index (χ2v) is 7.92. The Hall–Kier alpha value is -2.53. The molecule has 3 heterocycles. The summed E-state index contributed by atoms with van der Waals surface area (Å²) >= 11 is 0. The van der Waals surface area contributed by atoms with Crippen LogP contribution in [0.4, 0.5) is 0 Å². The van der Waals surface area contributed by atoms with Crippen molar-refractivity contribution >= 4 is 0 Å². The first-order valence-electron chi connectivity index (χ1n) is 9.15. The van der Waals surface area contributed by atoms with Gasteiger partial charge in [0, 0.05) is 42.9 Å². The molecular weight excluding hydrogens is 322 g/mol. The number of hydrogen-bond acceptors (Lipinski definition) is 4. The van der Waals surface area contributed by atoms with Crippen molar-refractivity contribution in [2.75, 3.05) is 6.54 Å². The Morgan fingerprint density at radius 1 is 1.08 bits per heavy atom. The number of nitrogens with zero attached hydrogens (tertiary/aromatic N) is 5. The highest BCUT2D eigenvalue weighted by atomic mass is 15.3. The highest BCUT2D eigenvalue weighted by molar-refractivity contribution is 5.36. The van der Waals surface area contributed by atoms with Crippen LogP contribution < -0.4 is 0 Å². The van der Waals surface area contributed by atoms with Gasteiger partial charge in [-0.15, -0.1) is 0 Å². The molecule has 4 rings (SSSR count). The molecule has 5 heteroatoms. The summed E-state index contributed by atoms with van der Waals surface area (Å²) in [5, 5.41) is 4.70. The predicted molar refractivity (Wildman–Crippen MR) is 102 cm³/mol. The van der Waals surface area contributed by atoms with Gasteiger partial charge in [0.15, 0.2) is 0 Å². The van der Waals surface area contributed by atoms with Crippen LogP contribution in [0.2, 0.25) is 0 Å². The van der Waals surface area contributed by atoms with Crippen molar-refractivity contribution in [3.05, 3.63) is 72.1 Å². The molecule has 26 heavy (non-hydrogen) atoms. The van der Waals surface area contributed by atoms with Gasteiger partial charge in [-0.3, -0.25) is 14.9 Å². The molecule has 1 unspecified atom stereocenters. The molecule has 3 aromatic rings. The number of hydrogen-bond donors (Lipinski definition) is 0. The van der Waals surface area contributed by atoms with E-state index in [1.54, 1.807) is 12.4 Å². The Morgan fingerprint density at radius 3 is 2.62 bits per heavy atom. The van der Waals surface area contributed by atoms with E-state index in [9.17, 15) is 0 Å². The molecule has 0 fully saturated rings. The first-order valence-corrected chi connectivity index (χ1v) is 9.15. The SMILES string of the molecule is CC(c1cnccn1)N1Cc2cnn(-c3ccccc3)c2CC(C)(C)C1. The molecule has 0 spiro atoms. The van der Waals surface area contributed by atoms with Gasteiger partial charge in [-0.05, 0) is 30.9 Å². The van der Waals surface area contributed by atoms with E-state index >= 15 is 0 Å². The molecule has 0 saturated heterocycles. The summed E-state index contributed by atoms with van der Waals surface area (Å²) in [7, 11) is 0. The fraction of sp³-hybridized carbons (Fsp3) is 0.381. The average Bonchev–Trinajstić information content (AvgIpc) is 2.97. The van der Waals surface area contributed by atoms with Gasteiger partial charge in [-0.25, -0.2) is 4.68 Å². The summed E-state index contributed by atoms with van der Waals surface area (Å²) in [4.78, 5) is 11.3. The molecule has 0 saturated carbocycles. The topological polar surface area (TPSA) is 46.8 Å². The minimum Gasteiger partial charge on any atom is -0.290 e. The molecular formula is C21H25N5. The van der Waals surface area contributed by atoms with Crippen LogP contribution in [0.25, 0.3) is 5.69 Å². The summed E-state index contributed by atoms with van der Waals surface area (Å²) in [6, 6.07) is 10.6. The Morgan fingerprint density at radius 2 is 1.88 bits per heavy atom. The third kappa shape index (κ3) is 3.27. The number of rotatable bonds is 3. The van der Waals surface area contributed by atoms with E-state index in [-0.39, 0.29) is 11.5 Å². The van der Waals surface area contributed by atoms with E-state index in [2.05, 4.69) is 64.6 Å². The normalized spacial score (nSPS) is 18.1. The second-order valence-electron chi connectivity index (χ2n) is 7.92. The maximum Gasteiger partial charge on any atom is 0.0755 e. The number of aromatic nitrogens is 4. The highest BCUT2D eigenvalue weighted by Gasteiger charge is 2.33. The third-order valence-electron chi connectivity index (χ3n) is 5.17. The standard InChI is InChI=1S/C21H25N5/c1-16(19-13-22-9-10-23-19)25-14-17-12-24-26(18-7-5-4-6-8-18)20(17)11-21(2,3)15-25/h4-10,12-13,16H,11,14-15H2,1-3H3. The lowest BCUT2D eigenvalue weighted by Crippen LogP contribution is -2.35. The van der Waals surface area contributed by atoms with Crippen LogP contribution in [-0.4, -0.2) is 31.2 Å². The van der Waals surface area contributed by atoms with Gasteiger partial charge in [0.2, 0.25) is 0 Å². The zero-order chi connectivity index (χ0) is 18.1.